The molecule has 0 amide bonds. The summed E-state index contributed by atoms with van der Waals surface area (Å²) in [7, 11) is 0. The molecular weight excluding hydrogens is 177 g/mol. The van der Waals surface area contributed by atoms with Gasteiger partial charge in [-0.1, -0.05) is 6.07 Å². The molecule has 1 N–H and O–H groups in total. The summed E-state index contributed by atoms with van der Waals surface area (Å²) in [4.78, 5) is 9.69. The Morgan fingerprint density at radius 2 is 2.23 bits per heavy atom. The van der Waals surface area contributed by atoms with Crippen LogP contribution in [0.5, 0.6) is 0 Å². The minimum absolute atomic E-state index is 0.271. The molecule has 0 spiro atoms. The van der Waals surface area contributed by atoms with Crippen molar-refractivity contribution in [3.63, 3.8) is 0 Å². The van der Waals surface area contributed by atoms with E-state index in [0.29, 0.717) is 0 Å². The lowest BCUT2D eigenvalue weighted by Gasteiger charge is -2.05. The molecule has 0 saturated heterocycles. The summed E-state index contributed by atoms with van der Waals surface area (Å²) < 4.78 is 13.0. The standard InChI is InChI=1S/C8H8FNO3/c1-5(11)8-6(9)3-2-4-7(8)10(12)13/h2-5,11H,1H3/t5-/m1/s1. The number of hydrogen-bond donors (Lipinski definition) is 1. The van der Waals surface area contributed by atoms with E-state index in [0.717, 1.165) is 12.1 Å². The maximum atomic E-state index is 13.0. The Hall–Kier alpha value is -1.49. The lowest BCUT2D eigenvalue weighted by molar-refractivity contribution is -0.386. The molecule has 1 aromatic carbocycles. The number of rotatable bonds is 2. The Balaban J connectivity index is 3.34. The molecule has 0 heterocycles. The van der Waals surface area contributed by atoms with E-state index in [9.17, 15) is 14.5 Å². The number of nitrogens with zero attached hydrogens (tertiary/aromatic N) is 1. The number of hydrogen-bond acceptors (Lipinski definition) is 3. The normalized spacial score (nSPS) is 12.5. The molecular formula is C8H8FNO3. The first kappa shape index (κ1) is 9.60. The van der Waals surface area contributed by atoms with Crippen LogP contribution in [0.15, 0.2) is 18.2 Å². The second kappa shape index (κ2) is 3.49. The molecule has 4 nitrogen and oxygen atoms in total. The van der Waals surface area contributed by atoms with Crippen LogP contribution in [-0.2, 0) is 0 Å². The zero-order valence-corrected chi connectivity index (χ0v) is 6.90. The number of benzene rings is 1. The first-order valence-corrected chi connectivity index (χ1v) is 3.65. The van der Waals surface area contributed by atoms with E-state index in [1.165, 1.54) is 13.0 Å². The summed E-state index contributed by atoms with van der Waals surface area (Å²) in [6, 6.07) is 3.47. The van der Waals surface area contributed by atoms with Crippen molar-refractivity contribution in [3.05, 3.63) is 39.7 Å². The molecule has 1 atom stereocenters. The monoisotopic (exact) mass is 185 g/mol. The van der Waals surface area contributed by atoms with E-state index in [-0.39, 0.29) is 5.56 Å². The molecule has 0 aliphatic carbocycles. The Labute approximate surface area is 73.8 Å². The Morgan fingerprint density at radius 1 is 1.62 bits per heavy atom. The minimum Gasteiger partial charge on any atom is -0.388 e. The van der Waals surface area contributed by atoms with Gasteiger partial charge in [-0.05, 0) is 13.0 Å². The molecule has 0 radical (unpaired) electrons. The summed E-state index contributed by atoms with van der Waals surface area (Å²) in [6.45, 7) is 1.28. The summed E-state index contributed by atoms with van der Waals surface area (Å²) in [5.74, 6) is -0.760. The van der Waals surface area contributed by atoms with Gasteiger partial charge in [0.15, 0.2) is 0 Å². The van der Waals surface area contributed by atoms with Gasteiger partial charge in [0, 0.05) is 6.07 Å². The predicted octanol–water partition coefficient (Wildman–Crippen LogP) is 1.79. The molecule has 1 rings (SSSR count). The third-order valence-electron chi connectivity index (χ3n) is 1.64. The highest BCUT2D eigenvalue weighted by molar-refractivity contribution is 5.42. The maximum absolute atomic E-state index is 13.0. The second-order valence-electron chi connectivity index (χ2n) is 2.61. The van der Waals surface area contributed by atoms with E-state index in [1.54, 1.807) is 0 Å². The zero-order chi connectivity index (χ0) is 10.0. The minimum atomic E-state index is -1.18. The largest absolute Gasteiger partial charge is 0.388 e. The summed E-state index contributed by atoms with van der Waals surface area (Å²) >= 11 is 0. The SMILES string of the molecule is C[C@@H](O)c1c(F)cccc1[N+](=O)[O-]. The van der Waals surface area contributed by atoms with Crippen molar-refractivity contribution in [2.24, 2.45) is 0 Å². The average molecular weight is 185 g/mol. The fourth-order valence-electron chi connectivity index (χ4n) is 1.10. The molecule has 70 valence electrons. The van der Waals surface area contributed by atoms with Gasteiger partial charge in [0.1, 0.15) is 5.82 Å². The lowest BCUT2D eigenvalue weighted by atomic mass is 10.1. The Bertz CT molecular complexity index is 338. The quantitative estimate of drug-likeness (QED) is 0.564. The number of nitro groups is 1. The van der Waals surface area contributed by atoms with Crippen LogP contribution in [0.1, 0.15) is 18.6 Å². The van der Waals surface area contributed by atoms with Crippen LogP contribution in [0.4, 0.5) is 10.1 Å². The highest BCUT2D eigenvalue weighted by Gasteiger charge is 2.20. The van der Waals surface area contributed by atoms with Crippen LogP contribution in [0.25, 0.3) is 0 Å². The van der Waals surface area contributed by atoms with Crippen molar-refractivity contribution in [1.82, 2.24) is 0 Å². The van der Waals surface area contributed by atoms with Gasteiger partial charge in [0.25, 0.3) is 5.69 Å². The molecule has 0 aliphatic rings. The lowest BCUT2D eigenvalue weighted by Crippen LogP contribution is -2.01. The maximum Gasteiger partial charge on any atom is 0.278 e. The third-order valence-corrected chi connectivity index (χ3v) is 1.64. The van der Waals surface area contributed by atoms with Gasteiger partial charge < -0.3 is 5.11 Å². The van der Waals surface area contributed by atoms with Gasteiger partial charge in [0.05, 0.1) is 16.6 Å². The number of nitro benzene ring substituents is 1. The molecule has 1 aromatic rings. The van der Waals surface area contributed by atoms with Gasteiger partial charge in [0.2, 0.25) is 0 Å². The van der Waals surface area contributed by atoms with Crippen LogP contribution >= 0.6 is 0 Å². The van der Waals surface area contributed by atoms with Gasteiger partial charge in [-0.3, -0.25) is 10.1 Å². The van der Waals surface area contributed by atoms with Crippen LogP contribution in [0, 0.1) is 15.9 Å². The van der Waals surface area contributed by atoms with Crippen molar-refractivity contribution < 1.29 is 14.4 Å². The molecule has 13 heavy (non-hydrogen) atoms. The number of aliphatic hydroxyl groups excluding tert-OH is 1. The zero-order valence-electron chi connectivity index (χ0n) is 6.90. The second-order valence-corrected chi connectivity index (χ2v) is 2.61. The topological polar surface area (TPSA) is 63.4 Å². The van der Waals surface area contributed by atoms with Gasteiger partial charge in [-0.15, -0.1) is 0 Å². The van der Waals surface area contributed by atoms with Crippen molar-refractivity contribution in [2.75, 3.05) is 0 Å². The summed E-state index contributed by atoms with van der Waals surface area (Å²) in [5, 5.41) is 19.5. The number of aliphatic hydroxyl groups is 1. The fourth-order valence-corrected chi connectivity index (χ4v) is 1.10. The first-order chi connectivity index (χ1) is 6.04. The molecule has 5 heteroatoms. The van der Waals surface area contributed by atoms with E-state index < -0.39 is 22.5 Å². The van der Waals surface area contributed by atoms with Gasteiger partial charge in [-0.2, -0.15) is 0 Å². The molecule has 0 fully saturated rings. The highest BCUT2D eigenvalue weighted by atomic mass is 19.1. The first-order valence-electron chi connectivity index (χ1n) is 3.65. The van der Waals surface area contributed by atoms with Gasteiger partial charge in [-0.25, -0.2) is 4.39 Å². The molecule has 0 aliphatic heterocycles. The summed E-state index contributed by atoms with van der Waals surface area (Å²) in [6.07, 6.45) is -1.18. The molecule has 0 bridgehead atoms. The Kier molecular flexibility index (Phi) is 2.57. The van der Waals surface area contributed by atoms with E-state index >= 15 is 0 Å². The fraction of sp³-hybridized carbons (Fsp3) is 0.250. The van der Waals surface area contributed by atoms with Crippen molar-refractivity contribution in [2.45, 2.75) is 13.0 Å². The van der Waals surface area contributed by atoms with Crippen LogP contribution in [0.2, 0.25) is 0 Å². The van der Waals surface area contributed by atoms with Gasteiger partial charge >= 0.3 is 0 Å². The smallest absolute Gasteiger partial charge is 0.278 e. The molecule has 0 unspecified atom stereocenters. The van der Waals surface area contributed by atoms with Crippen LogP contribution in [-0.4, -0.2) is 10.0 Å². The Morgan fingerprint density at radius 3 is 2.62 bits per heavy atom. The third kappa shape index (κ3) is 1.81. The predicted molar refractivity (Wildman–Crippen MR) is 43.7 cm³/mol. The van der Waals surface area contributed by atoms with E-state index in [4.69, 9.17) is 5.11 Å². The number of halogens is 1. The van der Waals surface area contributed by atoms with Crippen molar-refractivity contribution in [1.29, 1.82) is 0 Å². The van der Waals surface area contributed by atoms with Crippen LogP contribution in [0.3, 0.4) is 0 Å². The summed E-state index contributed by atoms with van der Waals surface area (Å²) in [5.41, 5.74) is -0.664. The molecule has 0 aromatic heterocycles. The molecule has 0 saturated carbocycles. The van der Waals surface area contributed by atoms with E-state index in [1.807, 2.05) is 0 Å². The van der Waals surface area contributed by atoms with E-state index in [2.05, 4.69) is 0 Å². The van der Waals surface area contributed by atoms with Crippen molar-refractivity contribution >= 4 is 5.69 Å². The van der Waals surface area contributed by atoms with Crippen LogP contribution < -0.4 is 0 Å². The highest BCUT2D eigenvalue weighted by Crippen LogP contribution is 2.26. The average Bonchev–Trinajstić information content (AvgIpc) is 2.02. The van der Waals surface area contributed by atoms with Crippen molar-refractivity contribution in [3.8, 4) is 0 Å².